The Bertz CT molecular complexity index is 1090. The first kappa shape index (κ1) is 20.2. The molecule has 0 aromatic carbocycles. The third-order valence-corrected chi connectivity index (χ3v) is 4.93. The highest BCUT2D eigenvalue weighted by molar-refractivity contribution is 5.85. The van der Waals surface area contributed by atoms with E-state index in [1.165, 1.54) is 12.5 Å². The molecular formula is C19H19Cl2FN6. The summed E-state index contributed by atoms with van der Waals surface area (Å²) in [5.41, 5.74) is 2.34. The predicted molar refractivity (Wildman–Crippen MR) is 109 cm³/mol. The van der Waals surface area contributed by atoms with E-state index in [-0.39, 0.29) is 24.8 Å². The van der Waals surface area contributed by atoms with Crippen molar-refractivity contribution >= 4 is 36.0 Å². The molecule has 28 heavy (non-hydrogen) atoms. The van der Waals surface area contributed by atoms with Crippen molar-refractivity contribution < 1.29 is 4.39 Å². The molecule has 0 saturated heterocycles. The molecule has 9 heteroatoms. The van der Waals surface area contributed by atoms with Crippen molar-refractivity contribution in [2.24, 2.45) is 0 Å². The third kappa shape index (κ3) is 3.47. The van der Waals surface area contributed by atoms with Gasteiger partial charge in [0.25, 0.3) is 0 Å². The van der Waals surface area contributed by atoms with Gasteiger partial charge >= 0.3 is 0 Å². The molecule has 4 heterocycles. The standard InChI is InChI=1S/C19H17FN6.2ClH/c20-16-8-2-6-14(23-16)18-22-10-11-25(18)12-17-24-15-7-3-9-21-19(15)26(17)13-4-1-5-13;;/h2-3,6-11,13H,1,4-5,12H2;2*1H. The number of pyridine rings is 2. The van der Waals surface area contributed by atoms with Gasteiger partial charge in [0.05, 0.1) is 6.54 Å². The van der Waals surface area contributed by atoms with Gasteiger partial charge in [0.2, 0.25) is 5.95 Å². The zero-order chi connectivity index (χ0) is 17.5. The monoisotopic (exact) mass is 420 g/mol. The maximum atomic E-state index is 13.5. The Morgan fingerprint density at radius 1 is 1.00 bits per heavy atom. The Morgan fingerprint density at radius 2 is 1.86 bits per heavy atom. The third-order valence-electron chi connectivity index (χ3n) is 4.93. The highest BCUT2D eigenvalue weighted by Crippen LogP contribution is 2.35. The highest BCUT2D eigenvalue weighted by atomic mass is 35.5. The van der Waals surface area contributed by atoms with Crippen LogP contribution in [0.3, 0.4) is 0 Å². The van der Waals surface area contributed by atoms with Crippen LogP contribution >= 0.6 is 24.8 Å². The van der Waals surface area contributed by atoms with Gasteiger partial charge in [0.15, 0.2) is 11.5 Å². The van der Waals surface area contributed by atoms with Crippen LogP contribution in [0.25, 0.3) is 22.7 Å². The van der Waals surface area contributed by atoms with E-state index in [1.54, 1.807) is 18.3 Å². The first-order valence-corrected chi connectivity index (χ1v) is 8.75. The molecule has 1 saturated carbocycles. The van der Waals surface area contributed by atoms with Crippen LogP contribution in [-0.4, -0.2) is 29.1 Å². The average Bonchev–Trinajstić information content (AvgIpc) is 3.19. The lowest BCUT2D eigenvalue weighted by molar-refractivity contribution is 0.310. The number of fused-ring (bicyclic) bond motifs is 1. The van der Waals surface area contributed by atoms with Gasteiger partial charge in [0.1, 0.15) is 17.0 Å². The smallest absolute Gasteiger partial charge is 0.213 e. The summed E-state index contributed by atoms with van der Waals surface area (Å²) >= 11 is 0. The summed E-state index contributed by atoms with van der Waals surface area (Å²) in [6, 6.07) is 9.08. The lowest BCUT2D eigenvalue weighted by Crippen LogP contribution is -2.21. The molecule has 0 bridgehead atoms. The maximum Gasteiger partial charge on any atom is 0.213 e. The van der Waals surface area contributed by atoms with Crippen LogP contribution in [0.2, 0.25) is 0 Å². The number of rotatable bonds is 4. The van der Waals surface area contributed by atoms with Gasteiger partial charge in [-0.2, -0.15) is 4.39 Å². The second-order valence-electron chi connectivity index (χ2n) is 6.55. The van der Waals surface area contributed by atoms with Crippen molar-refractivity contribution in [1.29, 1.82) is 0 Å². The van der Waals surface area contributed by atoms with Crippen LogP contribution in [-0.2, 0) is 6.54 Å². The number of hydrogen-bond donors (Lipinski definition) is 0. The number of nitrogens with zero attached hydrogens (tertiary/aromatic N) is 6. The quantitative estimate of drug-likeness (QED) is 0.457. The molecule has 0 radical (unpaired) electrons. The van der Waals surface area contributed by atoms with Gasteiger partial charge in [0, 0.05) is 24.6 Å². The molecule has 0 aliphatic heterocycles. The van der Waals surface area contributed by atoms with E-state index in [2.05, 4.69) is 19.5 Å². The second kappa shape index (κ2) is 8.24. The fraction of sp³-hybridized carbons (Fsp3) is 0.263. The SMILES string of the molecule is Cl.Cl.Fc1cccc(-c2nccn2Cc2nc3cccnc3n2C2CCC2)n1. The van der Waals surface area contributed by atoms with Crippen LogP contribution in [0.4, 0.5) is 4.39 Å². The second-order valence-corrected chi connectivity index (χ2v) is 6.55. The molecule has 6 nitrogen and oxygen atoms in total. The van der Waals surface area contributed by atoms with Gasteiger partial charge in [-0.15, -0.1) is 24.8 Å². The number of imidazole rings is 2. The summed E-state index contributed by atoms with van der Waals surface area (Å²) in [5, 5.41) is 0. The molecule has 1 aliphatic rings. The minimum atomic E-state index is -0.511. The summed E-state index contributed by atoms with van der Waals surface area (Å²) in [7, 11) is 0. The molecule has 0 atom stereocenters. The van der Waals surface area contributed by atoms with E-state index in [0.717, 1.165) is 29.8 Å². The van der Waals surface area contributed by atoms with Gasteiger partial charge in [-0.3, -0.25) is 0 Å². The molecule has 0 unspecified atom stereocenters. The normalized spacial score (nSPS) is 13.6. The number of hydrogen-bond acceptors (Lipinski definition) is 4. The van der Waals surface area contributed by atoms with Crippen molar-refractivity contribution in [1.82, 2.24) is 29.1 Å². The zero-order valence-corrected chi connectivity index (χ0v) is 16.5. The molecule has 0 amide bonds. The van der Waals surface area contributed by atoms with Crippen molar-refractivity contribution in [2.75, 3.05) is 0 Å². The zero-order valence-electron chi connectivity index (χ0n) is 14.9. The van der Waals surface area contributed by atoms with Crippen LogP contribution in [0.5, 0.6) is 0 Å². The van der Waals surface area contributed by atoms with E-state index in [4.69, 9.17) is 4.98 Å². The summed E-state index contributed by atoms with van der Waals surface area (Å²) in [6.45, 7) is 0.542. The Labute approximate surface area is 173 Å². The first-order valence-electron chi connectivity index (χ1n) is 8.75. The van der Waals surface area contributed by atoms with E-state index in [0.29, 0.717) is 24.1 Å². The summed E-state index contributed by atoms with van der Waals surface area (Å²) in [6.07, 6.45) is 8.92. The van der Waals surface area contributed by atoms with E-state index in [1.807, 2.05) is 29.1 Å². The average molecular weight is 421 g/mol. The molecule has 4 aromatic heterocycles. The van der Waals surface area contributed by atoms with Crippen molar-refractivity contribution in [3.63, 3.8) is 0 Å². The lowest BCUT2D eigenvalue weighted by atomic mass is 9.93. The molecule has 5 rings (SSSR count). The lowest BCUT2D eigenvalue weighted by Gasteiger charge is -2.28. The molecule has 146 valence electrons. The van der Waals surface area contributed by atoms with Crippen LogP contribution in [0.15, 0.2) is 48.9 Å². The molecule has 1 aliphatic carbocycles. The Kier molecular flexibility index (Phi) is 5.96. The summed E-state index contributed by atoms with van der Waals surface area (Å²) in [5.74, 6) is 1.06. The minimum absolute atomic E-state index is 0. The fourth-order valence-electron chi connectivity index (χ4n) is 3.47. The van der Waals surface area contributed by atoms with E-state index < -0.39 is 5.95 Å². The van der Waals surface area contributed by atoms with Gasteiger partial charge in [-0.25, -0.2) is 19.9 Å². The predicted octanol–water partition coefficient (Wildman–Crippen LogP) is 4.45. The van der Waals surface area contributed by atoms with Crippen molar-refractivity contribution in [2.45, 2.75) is 31.8 Å². The van der Waals surface area contributed by atoms with Crippen LogP contribution in [0.1, 0.15) is 31.1 Å². The topological polar surface area (TPSA) is 61.4 Å². The van der Waals surface area contributed by atoms with Crippen LogP contribution in [0, 0.1) is 5.95 Å². The highest BCUT2D eigenvalue weighted by Gasteiger charge is 2.25. The van der Waals surface area contributed by atoms with Crippen LogP contribution < -0.4 is 0 Å². The number of aromatic nitrogens is 6. The Balaban J connectivity index is 0.00000112. The maximum absolute atomic E-state index is 13.5. The van der Waals surface area contributed by atoms with Gasteiger partial charge in [-0.1, -0.05) is 6.07 Å². The van der Waals surface area contributed by atoms with Crippen molar-refractivity contribution in [3.8, 4) is 11.5 Å². The van der Waals surface area contributed by atoms with E-state index in [9.17, 15) is 4.39 Å². The molecular weight excluding hydrogens is 402 g/mol. The summed E-state index contributed by atoms with van der Waals surface area (Å²) < 4.78 is 17.7. The molecule has 4 aromatic rings. The molecule has 1 fully saturated rings. The Morgan fingerprint density at radius 3 is 2.61 bits per heavy atom. The number of halogens is 3. The largest absolute Gasteiger partial charge is 0.322 e. The molecule has 0 N–H and O–H groups in total. The minimum Gasteiger partial charge on any atom is -0.322 e. The summed E-state index contributed by atoms with van der Waals surface area (Å²) in [4.78, 5) is 17.7. The Hall–Kier alpha value is -2.51. The molecule has 0 spiro atoms. The van der Waals surface area contributed by atoms with Crippen molar-refractivity contribution in [3.05, 3.63) is 60.7 Å². The fourth-order valence-corrected chi connectivity index (χ4v) is 3.47. The van der Waals surface area contributed by atoms with Gasteiger partial charge < -0.3 is 9.13 Å². The van der Waals surface area contributed by atoms with E-state index >= 15 is 0 Å². The van der Waals surface area contributed by atoms with Gasteiger partial charge in [-0.05, 0) is 43.5 Å². The first-order chi connectivity index (χ1) is 12.8.